The van der Waals surface area contributed by atoms with E-state index in [1.54, 1.807) is 0 Å². The van der Waals surface area contributed by atoms with E-state index in [2.05, 4.69) is 117 Å². The molecule has 6 aromatic rings. The van der Waals surface area contributed by atoms with Crippen molar-refractivity contribution in [3.8, 4) is 5.69 Å². The molecule has 0 N–H and O–H groups in total. The maximum absolute atomic E-state index is 6.40. The number of hydrogen-bond donors (Lipinski definition) is 0. The summed E-state index contributed by atoms with van der Waals surface area (Å²) >= 11 is 1.85. The Kier molecular flexibility index (Phi) is 4.36. The molecule has 0 unspecified atom stereocenters. The Labute approximate surface area is 209 Å². The van der Waals surface area contributed by atoms with Crippen LogP contribution < -0.4 is 5.46 Å². The van der Waals surface area contributed by atoms with E-state index in [1.165, 1.54) is 47.7 Å². The number of thiophene rings is 1. The number of rotatable bonds is 2. The third-order valence-corrected chi connectivity index (χ3v) is 8.98. The van der Waals surface area contributed by atoms with Crippen molar-refractivity contribution in [2.24, 2.45) is 0 Å². The zero-order valence-electron chi connectivity index (χ0n) is 20.3. The summed E-state index contributed by atoms with van der Waals surface area (Å²) in [6.45, 7) is 8.41. The maximum Gasteiger partial charge on any atom is 0.494 e. The third-order valence-electron chi connectivity index (χ3n) is 7.84. The second kappa shape index (κ2) is 7.20. The Hall–Kier alpha value is -3.12. The molecule has 1 aliphatic heterocycles. The van der Waals surface area contributed by atoms with Gasteiger partial charge in [-0.15, -0.1) is 11.3 Å². The summed E-state index contributed by atoms with van der Waals surface area (Å²) in [6, 6.07) is 30.7. The molecule has 0 bridgehead atoms. The highest BCUT2D eigenvalue weighted by atomic mass is 32.1. The zero-order chi connectivity index (χ0) is 23.9. The Morgan fingerprint density at radius 2 is 1.31 bits per heavy atom. The van der Waals surface area contributed by atoms with Crippen LogP contribution in [0.4, 0.5) is 0 Å². The average Bonchev–Trinajstić information content (AvgIpc) is 3.45. The fourth-order valence-electron chi connectivity index (χ4n) is 5.32. The van der Waals surface area contributed by atoms with Crippen molar-refractivity contribution in [1.82, 2.24) is 4.57 Å². The summed E-state index contributed by atoms with van der Waals surface area (Å²) < 4.78 is 17.8. The van der Waals surface area contributed by atoms with Gasteiger partial charge in [0.15, 0.2) is 0 Å². The molecule has 35 heavy (non-hydrogen) atoms. The van der Waals surface area contributed by atoms with Crippen LogP contribution in [0.15, 0.2) is 84.9 Å². The fraction of sp³-hybridized carbons (Fsp3) is 0.200. The van der Waals surface area contributed by atoms with Gasteiger partial charge in [-0.3, -0.25) is 0 Å². The van der Waals surface area contributed by atoms with Crippen LogP contribution in [0.25, 0.3) is 47.7 Å². The topological polar surface area (TPSA) is 23.4 Å². The Morgan fingerprint density at radius 3 is 2.11 bits per heavy atom. The van der Waals surface area contributed by atoms with Gasteiger partial charge < -0.3 is 13.9 Å². The van der Waals surface area contributed by atoms with Gasteiger partial charge in [0.25, 0.3) is 0 Å². The number of fused-ring (bicyclic) bond motifs is 6. The summed E-state index contributed by atoms with van der Waals surface area (Å²) in [5.41, 5.74) is 3.87. The quantitative estimate of drug-likeness (QED) is 0.243. The van der Waals surface area contributed by atoms with Crippen molar-refractivity contribution in [3.63, 3.8) is 0 Å². The van der Waals surface area contributed by atoms with E-state index in [9.17, 15) is 0 Å². The van der Waals surface area contributed by atoms with Crippen molar-refractivity contribution >= 4 is 65.9 Å². The van der Waals surface area contributed by atoms with Crippen LogP contribution in [0, 0.1) is 0 Å². The molecule has 172 valence electrons. The van der Waals surface area contributed by atoms with Crippen molar-refractivity contribution in [2.45, 2.75) is 38.9 Å². The lowest BCUT2D eigenvalue weighted by Gasteiger charge is -2.32. The zero-order valence-corrected chi connectivity index (χ0v) is 21.1. The summed E-state index contributed by atoms with van der Waals surface area (Å²) in [6.07, 6.45) is 0. The number of benzene rings is 4. The molecule has 1 fully saturated rings. The lowest BCUT2D eigenvalue weighted by atomic mass is 9.79. The molecule has 0 radical (unpaired) electrons. The summed E-state index contributed by atoms with van der Waals surface area (Å²) in [5.74, 6) is 0. The molecule has 0 saturated carbocycles. The highest BCUT2D eigenvalue weighted by Crippen LogP contribution is 2.41. The first-order valence-corrected chi connectivity index (χ1v) is 13.0. The van der Waals surface area contributed by atoms with E-state index in [-0.39, 0.29) is 11.2 Å². The maximum atomic E-state index is 6.40. The molecule has 0 spiro atoms. The molecule has 7 rings (SSSR count). The molecule has 2 aromatic heterocycles. The largest absolute Gasteiger partial charge is 0.494 e. The first-order chi connectivity index (χ1) is 16.8. The molecule has 3 heterocycles. The molecule has 1 aliphatic rings. The smallest absolute Gasteiger partial charge is 0.399 e. The molecule has 0 amide bonds. The fourth-order valence-corrected chi connectivity index (χ4v) is 6.44. The standard InChI is InChI=1S/C30H26BNO2S/c1-29(2)30(3,4)34-31(33-29)19-16-17-21-20-10-5-7-12-23(20)32(25(21)18-19)24-13-9-15-27-28(24)22-11-6-8-14-26(22)35-27/h5-18H,1-4H3. The lowest BCUT2D eigenvalue weighted by molar-refractivity contribution is 0.00578. The molecule has 3 nitrogen and oxygen atoms in total. The van der Waals surface area contributed by atoms with Gasteiger partial charge in [0, 0.05) is 30.9 Å². The third kappa shape index (κ3) is 2.99. The Morgan fingerprint density at radius 1 is 0.657 bits per heavy atom. The molecular weight excluding hydrogens is 449 g/mol. The number of nitrogens with zero attached hydrogens (tertiary/aromatic N) is 1. The second-order valence-electron chi connectivity index (χ2n) is 10.5. The van der Waals surface area contributed by atoms with E-state index in [1.807, 2.05) is 11.3 Å². The van der Waals surface area contributed by atoms with Gasteiger partial charge in [0.2, 0.25) is 0 Å². The SMILES string of the molecule is CC1(C)OB(c2ccc3c4ccccc4n(-c4cccc5sc6ccccc6c45)c3c2)OC1(C)C. The summed E-state index contributed by atoms with van der Waals surface area (Å²) in [5, 5.41) is 5.09. The van der Waals surface area contributed by atoms with Crippen molar-refractivity contribution in [2.75, 3.05) is 0 Å². The normalized spacial score (nSPS) is 17.3. The monoisotopic (exact) mass is 475 g/mol. The average molecular weight is 475 g/mol. The van der Waals surface area contributed by atoms with Gasteiger partial charge in [-0.05, 0) is 63.5 Å². The van der Waals surface area contributed by atoms with Crippen LogP contribution >= 0.6 is 11.3 Å². The minimum absolute atomic E-state index is 0.374. The van der Waals surface area contributed by atoms with Crippen LogP contribution in [0.1, 0.15) is 27.7 Å². The van der Waals surface area contributed by atoms with Gasteiger partial charge in [0.05, 0.1) is 27.9 Å². The highest BCUT2D eigenvalue weighted by Gasteiger charge is 2.51. The van der Waals surface area contributed by atoms with E-state index in [4.69, 9.17) is 9.31 Å². The Balaban J connectivity index is 1.54. The van der Waals surface area contributed by atoms with E-state index < -0.39 is 7.12 Å². The van der Waals surface area contributed by atoms with Crippen molar-refractivity contribution in [1.29, 1.82) is 0 Å². The van der Waals surface area contributed by atoms with E-state index in [0.717, 1.165) is 5.46 Å². The second-order valence-corrected chi connectivity index (χ2v) is 11.5. The number of hydrogen-bond acceptors (Lipinski definition) is 3. The van der Waals surface area contributed by atoms with Crippen LogP contribution in [-0.4, -0.2) is 22.9 Å². The summed E-state index contributed by atoms with van der Waals surface area (Å²) in [4.78, 5) is 0. The van der Waals surface area contributed by atoms with Gasteiger partial charge in [0.1, 0.15) is 0 Å². The van der Waals surface area contributed by atoms with Gasteiger partial charge in [-0.2, -0.15) is 0 Å². The summed E-state index contributed by atoms with van der Waals surface area (Å²) in [7, 11) is -0.395. The van der Waals surface area contributed by atoms with Gasteiger partial charge in [-0.25, -0.2) is 0 Å². The predicted molar refractivity (Wildman–Crippen MR) is 149 cm³/mol. The highest BCUT2D eigenvalue weighted by molar-refractivity contribution is 7.25. The minimum Gasteiger partial charge on any atom is -0.399 e. The van der Waals surface area contributed by atoms with Gasteiger partial charge in [-0.1, -0.05) is 54.6 Å². The molecule has 1 saturated heterocycles. The molecular formula is C30H26BNO2S. The van der Waals surface area contributed by atoms with E-state index >= 15 is 0 Å². The van der Waals surface area contributed by atoms with Crippen LogP contribution in [-0.2, 0) is 9.31 Å². The lowest BCUT2D eigenvalue weighted by Crippen LogP contribution is -2.41. The predicted octanol–water partition coefficient (Wildman–Crippen LogP) is 7.45. The molecule has 5 heteroatoms. The molecule has 4 aromatic carbocycles. The van der Waals surface area contributed by atoms with E-state index in [0.29, 0.717) is 0 Å². The molecule has 0 atom stereocenters. The van der Waals surface area contributed by atoms with Crippen LogP contribution in [0.5, 0.6) is 0 Å². The molecule has 0 aliphatic carbocycles. The number of aromatic nitrogens is 1. The van der Waals surface area contributed by atoms with Crippen LogP contribution in [0.2, 0.25) is 0 Å². The first-order valence-electron chi connectivity index (χ1n) is 12.1. The number of para-hydroxylation sites is 1. The Bertz CT molecular complexity index is 1760. The van der Waals surface area contributed by atoms with Crippen LogP contribution in [0.3, 0.4) is 0 Å². The minimum atomic E-state index is -0.395. The van der Waals surface area contributed by atoms with Gasteiger partial charge >= 0.3 is 7.12 Å². The van der Waals surface area contributed by atoms with Crippen molar-refractivity contribution < 1.29 is 9.31 Å². The van der Waals surface area contributed by atoms with Crippen molar-refractivity contribution in [3.05, 3.63) is 84.9 Å². The first kappa shape index (κ1) is 21.2.